The van der Waals surface area contributed by atoms with Gasteiger partial charge in [-0.2, -0.15) is 0 Å². The van der Waals surface area contributed by atoms with Gasteiger partial charge in [-0.1, -0.05) is 18.3 Å². The molecule has 1 aromatic heterocycles. The normalized spacial score (nSPS) is 23.1. The highest BCUT2D eigenvalue weighted by molar-refractivity contribution is 7.19. The summed E-state index contributed by atoms with van der Waals surface area (Å²) in [5, 5.41) is 10.1. The molecular weight excluding hydrogens is 350 g/mol. The van der Waals surface area contributed by atoms with E-state index in [9.17, 15) is 9.59 Å². The molecule has 0 saturated carbocycles. The summed E-state index contributed by atoms with van der Waals surface area (Å²) in [5.74, 6) is 1.38. The van der Waals surface area contributed by atoms with Crippen LogP contribution in [0.15, 0.2) is 0 Å². The first kappa shape index (κ1) is 17.7. The minimum atomic E-state index is 0.146. The molecule has 4 rings (SSSR count). The lowest BCUT2D eigenvalue weighted by molar-refractivity contribution is -0.137. The summed E-state index contributed by atoms with van der Waals surface area (Å²) in [4.78, 5) is 30.6. The zero-order chi connectivity index (χ0) is 18.1. The molecule has 0 bridgehead atoms. The van der Waals surface area contributed by atoms with Crippen molar-refractivity contribution in [3.05, 3.63) is 0 Å². The maximum absolute atomic E-state index is 12.8. The summed E-state index contributed by atoms with van der Waals surface area (Å²) < 4.78 is 0. The number of carbonyl (C=O) groups excluding carboxylic acids is 2. The molecule has 3 aliphatic rings. The van der Waals surface area contributed by atoms with Gasteiger partial charge in [0.25, 0.3) is 0 Å². The van der Waals surface area contributed by atoms with E-state index in [4.69, 9.17) is 0 Å². The first-order chi connectivity index (χ1) is 12.6. The van der Waals surface area contributed by atoms with Crippen molar-refractivity contribution in [2.45, 2.75) is 45.4 Å². The molecular formula is C18H27N5O2S. The number of nitrogens with zero attached hydrogens (tertiary/aromatic N) is 5. The first-order valence-corrected chi connectivity index (χ1v) is 10.6. The van der Waals surface area contributed by atoms with Crippen LogP contribution in [0.3, 0.4) is 0 Å². The fourth-order valence-electron chi connectivity index (χ4n) is 4.10. The Morgan fingerprint density at radius 2 is 1.69 bits per heavy atom. The van der Waals surface area contributed by atoms with E-state index in [1.54, 1.807) is 4.90 Å². The molecule has 0 unspecified atom stereocenters. The number of hydrogen-bond donors (Lipinski definition) is 0. The highest BCUT2D eigenvalue weighted by Crippen LogP contribution is 2.32. The van der Waals surface area contributed by atoms with Crippen LogP contribution in [0.5, 0.6) is 0 Å². The third-order valence-electron chi connectivity index (χ3n) is 5.92. The van der Waals surface area contributed by atoms with Crippen LogP contribution in [0, 0.1) is 11.8 Å². The Balaban J connectivity index is 1.31. The van der Waals surface area contributed by atoms with Gasteiger partial charge in [0.05, 0.1) is 0 Å². The summed E-state index contributed by atoms with van der Waals surface area (Å²) in [6.07, 6.45) is 5.53. The van der Waals surface area contributed by atoms with Gasteiger partial charge in [0.15, 0.2) is 0 Å². The quantitative estimate of drug-likeness (QED) is 0.807. The Morgan fingerprint density at radius 3 is 2.35 bits per heavy atom. The number of likely N-dealkylation sites (tertiary alicyclic amines) is 1. The second kappa shape index (κ2) is 7.50. The van der Waals surface area contributed by atoms with Crippen LogP contribution in [0.2, 0.25) is 0 Å². The average molecular weight is 378 g/mol. The van der Waals surface area contributed by atoms with Crippen molar-refractivity contribution in [1.82, 2.24) is 15.1 Å². The summed E-state index contributed by atoms with van der Waals surface area (Å²) in [5.41, 5.74) is 0. The average Bonchev–Trinajstić information content (AvgIpc) is 3.31. The Labute approximate surface area is 158 Å². The first-order valence-electron chi connectivity index (χ1n) is 9.79. The number of hydrogen-bond acceptors (Lipinski definition) is 6. The smallest absolute Gasteiger partial charge is 0.228 e. The minimum Gasteiger partial charge on any atom is -0.347 e. The van der Waals surface area contributed by atoms with E-state index in [1.807, 2.05) is 0 Å². The summed E-state index contributed by atoms with van der Waals surface area (Å²) in [7, 11) is 0. The predicted octanol–water partition coefficient (Wildman–Crippen LogP) is 2.14. The largest absolute Gasteiger partial charge is 0.347 e. The lowest BCUT2D eigenvalue weighted by atomic mass is 9.93. The molecule has 0 atom stereocenters. The van der Waals surface area contributed by atoms with Crippen molar-refractivity contribution in [3.8, 4) is 0 Å². The molecule has 8 heteroatoms. The third-order valence-corrected chi connectivity index (χ3v) is 6.93. The van der Waals surface area contributed by atoms with Crippen molar-refractivity contribution < 1.29 is 9.59 Å². The van der Waals surface area contributed by atoms with Gasteiger partial charge < -0.3 is 9.80 Å². The standard InChI is InChI=1S/C18H27N5O2S/c1-13-4-9-21(10-5-13)16(25)14-6-11-22(12-7-14)17-19-20-18(26-17)23-8-2-3-15(23)24/h13-14H,2-12H2,1H3. The monoisotopic (exact) mass is 377 g/mol. The van der Waals surface area contributed by atoms with E-state index < -0.39 is 0 Å². The van der Waals surface area contributed by atoms with Crippen LogP contribution in [-0.4, -0.2) is 59.6 Å². The molecule has 0 N–H and O–H groups in total. The number of rotatable bonds is 3. The van der Waals surface area contributed by atoms with E-state index in [-0.39, 0.29) is 11.8 Å². The topological polar surface area (TPSA) is 69.6 Å². The number of aromatic nitrogens is 2. The van der Waals surface area contributed by atoms with E-state index >= 15 is 0 Å². The lowest BCUT2D eigenvalue weighted by Gasteiger charge is -2.36. The van der Waals surface area contributed by atoms with Crippen LogP contribution in [-0.2, 0) is 9.59 Å². The zero-order valence-electron chi connectivity index (χ0n) is 15.4. The molecule has 3 saturated heterocycles. The summed E-state index contributed by atoms with van der Waals surface area (Å²) in [6.45, 7) is 6.53. The van der Waals surface area contributed by atoms with Gasteiger partial charge in [0, 0.05) is 45.1 Å². The van der Waals surface area contributed by atoms with Gasteiger partial charge in [-0.3, -0.25) is 14.5 Å². The lowest BCUT2D eigenvalue weighted by Crippen LogP contribution is -2.45. The molecule has 0 spiro atoms. The van der Waals surface area contributed by atoms with Crippen LogP contribution in [0.25, 0.3) is 0 Å². The zero-order valence-corrected chi connectivity index (χ0v) is 16.2. The van der Waals surface area contributed by atoms with Crippen molar-refractivity contribution in [1.29, 1.82) is 0 Å². The Hall–Kier alpha value is -1.70. The van der Waals surface area contributed by atoms with Gasteiger partial charge in [-0.15, -0.1) is 10.2 Å². The molecule has 26 heavy (non-hydrogen) atoms. The van der Waals surface area contributed by atoms with E-state index in [2.05, 4.69) is 26.9 Å². The fourth-order valence-corrected chi connectivity index (χ4v) is 5.04. The molecule has 142 valence electrons. The molecule has 3 aliphatic heterocycles. The van der Waals surface area contributed by atoms with E-state index in [0.29, 0.717) is 17.5 Å². The number of anilines is 2. The second-order valence-corrected chi connectivity index (χ2v) is 8.72. The van der Waals surface area contributed by atoms with Gasteiger partial charge in [-0.05, 0) is 38.0 Å². The Kier molecular flexibility index (Phi) is 5.11. The second-order valence-electron chi connectivity index (χ2n) is 7.79. The molecule has 0 aliphatic carbocycles. The maximum Gasteiger partial charge on any atom is 0.228 e. The Bertz CT molecular complexity index is 662. The number of amides is 2. The molecule has 3 fully saturated rings. The highest BCUT2D eigenvalue weighted by Gasteiger charge is 2.32. The van der Waals surface area contributed by atoms with Crippen molar-refractivity contribution >= 4 is 33.4 Å². The third kappa shape index (κ3) is 3.56. The highest BCUT2D eigenvalue weighted by atomic mass is 32.1. The van der Waals surface area contributed by atoms with Gasteiger partial charge in [0.2, 0.25) is 22.1 Å². The maximum atomic E-state index is 12.8. The molecule has 7 nitrogen and oxygen atoms in total. The Morgan fingerprint density at radius 1 is 1.00 bits per heavy atom. The summed E-state index contributed by atoms with van der Waals surface area (Å²) in [6, 6.07) is 0. The molecule has 0 aromatic carbocycles. The number of carbonyl (C=O) groups is 2. The predicted molar refractivity (Wildman–Crippen MR) is 101 cm³/mol. The molecule has 2 amide bonds. The van der Waals surface area contributed by atoms with Crippen molar-refractivity contribution in [3.63, 3.8) is 0 Å². The van der Waals surface area contributed by atoms with Crippen LogP contribution in [0.1, 0.15) is 45.4 Å². The van der Waals surface area contributed by atoms with Crippen molar-refractivity contribution in [2.24, 2.45) is 11.8 Å². The molecule has 4 heterocycles. The fraction of sp³-hybridized carbons (Fsp3) is 0.778. The van der Waals surface area contributed by atoms with E-state index in [0.717, 1.165) is 75.9 Å². The molecule has 1 aromatic rings. The van der Waals surface area contributed by atoms with Crippen LogP contribution >= 0.6 is 11.3 Å². The number of piperidine rings is 2. The van der Waals surface area contributed by atoms with Gasteiger partial charge in [0.1, 0.15) is 0 Å². The SMILES string of the molecule is CC1CCN(C(=O)C2CCN(c3nnc(N4CCCC4=O)s3)CC2)CC1. The van der Waals surface area contributed by atoms with Crippen LogP contribution < -0.4 is 9.80 Å². The minimum absolute atomic E-state index is 0.146. The van der Waals surface area contributed by atoms with Crippen molar-refractivity contribution in [2.75, 3.05) is 42.5 Å². The molecule has 0 radical (unpaired) electrons. The van der Waals surface area contributed by atoms with Crippen LogP contribution in [0.4, 0.5) is 10.3 Å². The van der Waals surface area contributed by atoms with E-state index in [1.165, 1.54) is 11.3 Å². The van der Waals surface area contributed by atoms with Gasteiger partial charge >= 0.3 is 0 Å². The summed E-state index contributed by atoms with van der Waals surface area (Å²) >= 11 is 1.49. The van der Waals surface area contributed by atoms with Gasteiger partial charge in [-0.25, -0.2) is 0 Å².